The van der Waals surface area contributed by atoms with Gasteiger partial charge in [0.2, 0.25) is 5.91 Å². The zero-order valence-electron chi connectivity index (χ0n) is 13.6. The lowest BCUT2D eigenvalue weighted by Crippen LogP contribution is -2.08. The van der Waals surface area contributed by atoms with Crippen molar-refractivity contribution in [3.63, 3.8) is 0 Å². The number of ketones is 1. The summed E-state index contributed by atoms with van der Waals surface area (Å²) in [5, 5.41) is 2.65. The van der Waals surface area contributed by atoms with Crippen molar-refractivity contribution in [1.82, 2.24) is 0 Å². The number of carbonyl (C=O) groups is 3. The first-order chi connectivity index (χ1) is 11.4. The Labute approximate surface area is 139 Å². The number of carbonyl (C=O) groups excluding carboxylic acids is 3. The minimum absolute atomic E-state index is 0.0805. The van der Waals surface area contributed by atoms with E-state index < -0.39 is 5.97 Å². The first kappa shape index (κ1) is 17.2. The Morgan fingerprint density at radius 3 is 2.62 bits per heavy atom. The second kappa shape index (κ2) is 7.41. The molecule has 0 spiro atoms. The molecule has 1 heterocycles. The molecular formula is C18H17NO5. The first-order valence-corrected chi connectivity index (χ1v) is 7.19. The van der Waals surface area contributed by atoms with E-state index >= 15 is 0 Å². The second-order valence-corrected chi connectivity index (χ2v) is 5.07. The molecule has 0 fully saturated rings. The summed E-state index contributed by atoms with van der Waals surface area (Å²) in [6.45, 7) is 3.09. The molecule has 6 heteroatoms. The van der Waals surface area contributed by atoms with E-state index in [1.165, 1.54) is 32.3 Å². The topological polar surface area (TPSA) is 85.6 Å². The number of methoxy groups -OCH3 is 1. The second-order valence-electron chi connectivity index (χ2n) is 5.07. The maximum absolute atomic E-state index is 11.9. The molecule has 1 aromatic heterocycles. The molecule has 0 radical (unpaired) electrons. The maximum Gasteiger partial charge on any atom is 0.341 e. The first-order valence-electron chi connectivity index (χ1n) is 7.19. The minimum Gasteiger partial charge on any atom is -0.465 e. The Balaban J connectivity index is 2.07. The van der Waals surface area contributed by atoms with Gasteiger partial charge in [-0.1, -0.05) is 12.1 Å². The zero-order valence-corrected chi connectivity index (χ0v) is 13.6. The van der Waals surface area contributed by atoms with E-state index in [-0.39, 0.29) is 11.7 Å². The SMILES string of the molecule is COC(=O)c1cc(/C=C/C(=O)Nc2cccc(C(C)=O)c2)oc1C. The lowest BCUT2D eigenvalue weighted by molar-refractivity contribution is -0.111. The number of hydrogen-bond acceptors (Lipinski definition) is 5. The third-order valence-electron chi connectivity index (χ3n) is 3.28. The van der Waals surface area contributed by atoms with Crippen molar-refractivity contribution in [3.05, 3.63) is 59.1 Å². The number of ether oxygens (including phenoxy) is 1. The molecule has 0 aliphatic heterocycles. The Morgan fingerprint density at radius 1 is 1.21 bits per heavy atom. The Kier molecular flexibility index (Phi) is 5.31. The number of hydrogen-bond donors (Lipinski definition) is 1. The number of anilines is 1. The average Bonchev–Trinajstić information content (AvgIpc) is 2.93. The molecule has 0 saturated carbocycles. The van der Waals surface area contributed by atoms with E-state index in [9.17, 15) is 14.4 Å². The monoisotopic (exact) mass is 327 g/mol. The van der Waals surface area contributed by atoms with Crippen molar-refractivity contribution in [2.45, 2.75) is 13.8 Å². The van der Waals surface area contributed by atoms with Crippen LogP contribution in [0.25, 0.3) is 6.08 Å². The van der Waals surface area contributed by atoms with Gasteiger partial charge in [-0.15, -0.1) is 0 Å². The summed E-state index contributed by atoms with van der Waals surface area (Å²) in [4.78, 5) is 34.8. The molecule has 124 valence electrons. The number of benzene rings is 1. The Hall–Kier alpha value is -3.15. The molecule has 0 atom stereocenters. The summed E-state index contributed by atoms with van der Waals surface area (Å²) in [6.07, 6.45) is 2.73. The molecule has 0 unspecified atom stereocenters. The summed E-state index contributed by atoms with van der Waals surface area (Å²) in [5.74, 6) is -0.189. The third-order valence-corrected chi connectivity index (χ3v) is 3.28. The van der Waals surface area contributed by atoms with Crippen LogP contribution in [0.3, 0.4) is 0 Å². The number of esters is 1. The number of furan rings is 1. The van der Waals surface area contributed by atoms with Gasteiger partial charge in [-0.25, -0.2) is 4.79 Å². The van der Waals surface area contributed by atoms with Gasteiger partial charge in [-0.2, -0.15) is 0 Å². The Bertz CT molecular complexity index is 817. The van der Waals surface area contributed by atoms with Crippen molar-refractivity contribution in [3.8, 4) is 0 Å². The molecule has 24 heavy (non-hydrogen) atoms. The van der Waals surface area contributed by atoms with E-state index in [2.05, 4.69) is 10.1 Å². The largest absolute Gasteiger partial charge is 0.465 e. The normalized spacial score (nSPS) is 10.6. The van der Waals surface area contributed by atoms with Crippen molar-refractivity contribution in [2.24, 2.45) is 0 Å². The summed E-state index contributed by atoms with van der Waals surface area (Å²) in [5.41, 5.74) is 1.34. The number of nitrogens with one attached hydrogen (secondary N) is 1. The summed E-state index contributed by atoms with van der Waals surface area (Å²) < 4.78 is 10.0. The molecule has 1 aromatic carbocycles. The minimum atomic E-state index is -0.499. The fourth-order valence-electron chi connectivity index (χ4n) is 2.06. The summed E-state index contributed by atoms with van der Waals surface area (Å²) >= 11 is 0. The smallest absolute Gasteiger partial charge is 0.341 e. The maximum atomic E-state index is 11.9. The number of rotatable bonds is 5. The molecule has 0 bridgehead atoms. The predicted molar refractivity (Wildman–Crippen MR) is 88.9 cm³/mol. The summed E-state index contributed by atoms with van der Waals surface area (Å²) in [7, 11) is 1.28. The lowest BCUT2D eigenvalue weighted by atomic mass is 10.1. The molecule has 2 aromatic rings. The molecule has 0 saturated heterocycles. The van der Waals surface area contributed by atoms with Gasteiger partial charge in [0.15, 0.2) is 5.78 Å². The van der Waals surface area contributed by atoms with E-state index in [4.69, 9.17) is 4.42 Å². The highest BCUT2D eigenvalue weighted by Gasteiger charge is 2.14. The van der Waals surface area contributed by atoms with Crippen LogP contribution >= 0.6 is 0 Å². The van der Waals surface area contributed by atoms with Crippen LogP contribution in [0.1, 0.15) is 39.2 Å². The van der Waals surface area contributed by atoms with E-state index in [0.29, 0.717) is 28.3 Å². The van der Waals surface area contributed by atoms with Gasteiger partial charge in [-0.05, 0) is 38.1 Å². The van der Waals surface area contributed by atoms with Crippen LogP contribution in [0.15, 0.2) is 40.8 Å². The van der Waals surface area contributed by atoms with Gasteiger partial charge in [0, 0.05) is 17.3 Å². The van der Waals surface area contributed by atoms with E-state index in [1.54, 1.807) is 31.2 Å². The zero-order chi connectivity index (χ0) is 17.7. The van der Waals surface area contributed by atoms with Crippen LogP contribution in [0, 0.1) is 6.92 Å². The molecule has 6 nitrogen and oxygen atoms in total. The van der Waals surface area contributed by atoms with Crippen LogP contribution in [-0.4, -0.2) is 24.8 Å². The van der Waals surface area contributed by atoms with Crippen LogP contribution in [0.5, 0.6) is 0 Å². The standard InChI is InChI=1S/C18H17NO5/c1-11(20)13-5-4-6-14(9-13)19-17(21)8-7-15-10-16(12(2)24-15)18(22)23-3/h4-10H,1-3H3,(H,19,21)/b8-7+. The predicted octanol–water partition coefficient (Wildman–Crippen LogP) is 3.23. The van der Waals surface area contributed by atoms with Crippen molar-refractivity contribution in [2.75, 3.05) is 12.4 Å². The molecule has 0 aliphatic carbocycles. The fraction of sp³-hybridized carbons (Fsp3) is 0.167. The highest BCUT2D eigenvalue weighted by molar-refractivity contribution is 6.03. The van der Waals surface area contributed by atoms with E-state index in [1.807, 2.05) is 0 Å². The molecule has 1 N–H and O–H groups in total. The molecule has 1 amide bonds. The fourth-order valence-corrected chi connectivity index (χ4v) is 2.06. The van der Waals surface area contributed by atoms with Gasteiger partial charge in [0.1, 0.15) is 17.1 Å². The lowest BCUT2D eigenvalue weighted by Gasteiger charge is -2.03. The molecule has 2 rings (SSSR count). The highest BCUT2D eigenvalue weighted by atomic mass is 16.5. The van der Waals surface area contributed by atoms with Gasteiger partial charge in [0.05, 0.1) is 7.11 Å². The summed E-state index contributed by atoms with van der Waals surface area (Å²) in [6, 6.07) is 8.15. The van der Waals surface area contributed by atoms with Crippen molar-refractivity contribution < 1.29 is 23.5 Å². The van der Waals surface area contributed by atoms with Crippen molar-refractivity contribution >= 4 is 29.4 Å². The number of Topliss-reactive ketones (excluding diaryl/α,β-unsaturated/α-hetero) is 1. The van der Waals surface area contributed by atoms with Gasteiger partial charge < -0.3 is 14.5 Å². The number of amides is 1. The molecular weight excluding hydrogens is 310 g/mol. The van der Waals surface area contributed by atoms with Gasteiger partial charge in [0.25, 0.3) is 0 Å². The van der Waals surface area contributed by atoms with Crippen LogP contribution in [0.4, 0.5) is 5.69 Å². The van der Waals surface area contributed by atoms with E-state index in [0.717, 1.165) is 0 Å². The van der Waals surface area contributed by atoms with Gasteiger partial charge in [-0.3, -0.25) is 9.59 Å². The van der Waals surface area contributed by atoms with Crippen LogP contribution in [0.2, 0.25) is 0 Å². The average molecular weight is 327 g/mol. The third kappa shape index (κ3) is 4.19. The Morgan fingerprint density at radius 2 is 1.96 bits per heavy atom. The van der Waals surface area contributed by atoms with Crippen LogP contribution < -0.4 is 5.32 Å². The van der Waals surface area contributed by atoms with Crippen LogP contribution in [-0.2, 0) is 9.53 Å². The molecule has 0 aliphatic rings. The quantitative estimate of drug-likeness (QED) is 0.518. The van der Waals surface area contributed by atoms with Crippen molar-refractivity contribution in [1.29, 1.82) is 0 Å². The highest BCUT2D eigenvalue weighted by Crippen LogP contribution is 2.17. The van der Waals surface area contributed by atoms with Gasteiger partial charge >= 0.3 is 5.97 Å². The number of aryl methyl sites for hydroxylation is 1.